The van der Waals surface area contributed by atoms with E-state index in [1.807, 2.05) is 26.0 Å². The van der Waals surface area contributed by atoms with Gasteiger partial charge < -0.3 is 9.84 Å². The zero-order chi connectivity index (χ0) is 13.2. The molecule has 0 spiro atoms. The highest BCUT2D eigenvalue weighted by molar-refractivity contribution is 9.10. The second kappa shape index (κ2) is 5.08. The molecule has 0 fully saturated rings. The number of hydrogen-bond donors (Lipinski definition) is 1. The highest BCUT2D eigenvalue weighted by atomic mass is 79.9. The Morgan fingerprint density at radius 1 is 1.35 bits per heavy atom. The molecule has 1 aromatic rings. The number of aliphatic carboxylic acids is 1. The van der Waals surface area contributed by atoms with Crippen molar-refractivity contribution in [3.8, 4) is 5.75 Å². The van der Waals surface area contributed by atoms with Crippen molar-refractivity contribution < 1.29 is 14.6 Å². The van der Waals surface area contributed by atoms with Gasteiger partial charge in [0.15, 0.2) is 0 Å². The molecule has 0 heterocycles. The molecule has 17 heavy (non-hydrogen) atoms. The van der Waals surface area contributed by atoms with Gasteiger partial charge in [0.25, 0.3) is 0 Å². The number of halogens is 1. The van der Waals surface area contributed by atoms with Crippen molar-refractivity contribution in [3.05, 3.63) is 27.7 Å². The van der Waals surface area contributed by atoms with E-state index in [9.17, 15) is 4.79 Å². The standard InChI is InChI=1S/C13H17BrO3/c1-8-9(2)11(6-5-10(8)14)17-7-13(3,4)12(15)16/h5-6H,7H2,1-4H3,(H,15,16). The third-order valence-electron chi connectivity index (χ3n) is 2.84. The van der Waals surface area contributed by atoms with Crippen LogP contribution in [0.4, 0.5) is 0 Å². The predicted octanol–water partition coefficient (Wildman–Crippen LogP) is 3.56. The largest absolute Gasteiger partial charge is 0.492 e. The van der Waals surface area contributed by atoms with E-state index in [0.29, 0.717) is 0 Å². The molecule has 0 atom stereocenters. The predicted molar refractivity (Wildman–Crippen MR) is 70.5 cm³/mol. The number of ether oxygens (including phenoxy) is 1. The van der Waals surface area contributed by atoms with E-state index < -0.39 is 11.4 Å². The van der Waals surface area contributed by atoms with Crippen molar-refractivity contribution in [3.63, 3.8) is 0 Å². The Morgan fingerprint density at radius 2 is 1.94 bits per heavy atom. The molecule has 0 amide bonds. The Hall–Kier alpha value is -1.03. The van der Waals surface area contributed by atoms with Crippen LogP contribution in [0.2, 0.25) is 0 Å². The van der Waals surface area contributed by atoms with Gasteiger partial charge in [0.2, 0.25) is 0 Å². The summed E-state index contributed by atoms with van der Waals surface area (Å²) in [6.07, 6.45) is 0. The summed E-state index contributed by atoms with van der Waals surface area (Å²) in [7, 11) is 0. The van der Waals surface area contributed by atoms with Crippen molar-refractivity contribution in [1.82, 2.24) is 0 Å². The molecule has 1 rings (SSSR count). The molecule has 0 saturated carbocycles. The van der Waals surface area contributed by atoms with Crippen LogP contribution in [0.25, 0.3) is 0 Å². The fourth-order valence-electron chi connectivity index (χ4n) is 1.24. The van der Waals surface area contributed by atoms with E-state index in [4.69, 9.17) is 9.84 Å². The zero-order valence-electron chi connectivity index (χ0n) is 10.5. The van der Waals surface area contributed by atoms with Gasteiger partial charge in [-0.1, -0.05) is 15.9 Å². The summed E-state index contributed by atoms with van der Waals surface area (Å²) in [4.78, 5) is 11.0. The van der Waals surface area contributed by atoms with E-state index in [1.54, 1.807) is 13.8 Å². The van der Waals surface area contributed by atoms with Crippen LogP contribution in [0.1, 0.15) is 25.0 Å². The number of carbonyl (C=O) groups is 1. The molecule has 3 nitrogen and oxygen atoms in total. The molecule has 1 N–H and O–H groups in total. The quantitative estimate of drug-likeness (QED) is 0.925. The molecule has 94 valence electrons. The number of rotatable bonds is 4. The summed E-state index contributed by atoms with van der Waals surface area (Å²) in [6.45, 7) is 7.41. The van der Waals surface area contributed by atoms with E-state index in [1.165, 1.54) is 0 Å². The Labute approximate surface area is 110 Å². The van der Waals surface area contributed by atoms with Gasteiger partial charge in [-0.25, -0.2) is 0 Å². The summed E-state index contributed by atoms with van der Waals surface area (Å²) in [5.74, 6) is -0.121. The van der Waals surface area contributed by atoms with Crippen LogP contribution in [0, 0.1) is 19.3 Å². The number of carboxylic acid groups (broad SMARTS) is 1. The summed E-state index contributed by atoms with van der Waals surface area (Å²) >= 11 is 3.44. The Morgan fingerprint density at radius 3 is 2.47 bits per heavy atom. The molecule has 0 aliphatic rings. The number of benzene rings is 1. The Balaban J connectivity index is 2.84. The van der Waals surface area contributed by atoms with Crippen LogP contribution >= 0.6 is 15.9 Å². The lowest BCUT2D eigenvalue weighted by Crippen LogP contribution is -2.30. The number of carboxylic acids is 1. The lowest BCUT2D eigenvalue weighted by atomic mass is 9.95. The van der Waals surface area contributed by atoms with Crippen LogP contribution in [0.15, 0.2) is 16.6 Å². The van der Waals surface area contributed by atoms with Crippen LogP contribution < -0.4 is 4.74 Å². The molecular formula is C13H17BrO3. The van der Waals surface area contributed by atoms with Crippen molar-refractivity contribution in [2.45, 2.75) is 27.7 Å². The smallest absolute Gasteiger partial charge is 0.312 e. The van der Waals surface area contributed by atoms with E-state index in [2.05, 4.69) is 15.9 Å². The first-order valence-electron chi connectivity index (χ1n) is 5.37. The maximum atomic E-state index is 11.0. The molecule has 0 aliphatic carbocycles. The minimum absolute atomic E-state index is 0.157. The maximum Gasteiger partial charge on any atom is 0.312 e. The van der Waals surface area contributed by atoms with E-state index in [-0.39, 0.29) is 6.61 Å². The maximum absolute atomic E-state index is 11.0. The number of hydrogen-bond acceptors (Lipinski definition) is 2. The summed E-state index contributed by atoms with van der Waals surface area (Å²) in [5.41, 5.74) is 1.25. The first-order valence-corrected chi connectivity index (χ1v) is 6.17. The summed E-state index contributed by atoms with van der Waals surface area (Å²) < 4.78 is 6.62. The van der Waals surface area contributed by atoms with Crippen molar-refractivity contribution in [2.75, 3.05) is 6.61 Å². The van der Waals surface area contributed by atoms with Crippen LogP contribution in [-0.4, -0.2) is 17.7 Å². The van der Waals surface area contributed by atoms with Crippen LogP contribution in [-0.2, 0) is 4.79 Å². The highest BCUT2D eigenvalue weighted by Crippen LogP contribution is 2.28. The van der Waals surface area contributed by atoms with Crippen molar-refractivity contribution >= 4 is 21.9 Å². The summed E-state index contributed by atoms with van der Waals surface area (Å²) in [6, 6.07) is 3.76. The van der Waals surface area contributed by atoms with Gasteiger partial charge in [0, 0.05) is 4.47 Å². The van der Waals surface area contributed by atoms with Crippen molar-refractivity contribution in [2.24, 2.45) is 5.41 Å². The van der Waals surface area contributed by atoms with Gasteiger partial charge >= 0.3 is 5.97 Å². The molecule has 0 radical (unpaired) electrons. The molecule has 1 aromatic carbocycles. The topological polar surface area (TPSA) is 46.5 Å². The Bertz CT molecular complexity index is 439. The summed E-state index contributed by atoms with van der Waals surface area (Å²) in [5, 5.41) is 9.00. The molecule has 4 heteroatoms. The highest BCUT2D eigenvalue weighted by Gasteiger charge is 2.28. The van der Waals surface area contributed by atoms with E-state index in [0.717, 1.165) is 21.3 Å². The average molecular weight is 301 g/mol. The van der Waals surface area contributed by atoms with E-state index >= 15 is 0 Å². The normalized spacial score (nSPS) is 11.4. The van der Waals surface area contributed by atoms with Gasteiger partial charge in [-0.2, -0.15) is 0 Å². The van der Waals surface area contributed by atoms with Gasteiger partial charge in [-0.05, 0) is 51.0 Å². The lowest BCUT2D eigenvalue weighted by Gasteiger charge is -2.21. The lowest BCUT2D eigenvalue weighted by molar-refractivity contribution is -0.148. The first kappa shape index (κ1) is 14.0. The molecule has 0 aromatic heterocycles. The van der Waals surface area contributed by atoms with Crippen molar-refractivity contribution in [1.29, 1.82) is 0 Å². The SMILES string of the molecule is Cc1c(Br)ccc(OCC(C)(C)C(=O)O)c1C. The fourth-order valence-corrected chi connectivity index (χ4v) is 1.67. The van der Waals surface area contributed by atoms with Crippen LogP contribution in [0.3, 0.4) is 0 Å². The minimum atomic E-state index is -0.882. The minimum Gasteiger partial charge on any atom is -0.492 e. The molecule has 0 bridgehead atoms. The molecule has 0 saturated heterocycles. The van der Waals surface area contributed by atoms with Crippen LogP contribution in [0.5, 0.6) is 5.75 Å². The monoisotopic (exact) mass is 300 g/mol. The molecule has 0 aliphatic heterocycles. The first-order chi connectivity index (χ1) is 7.75. The molecular weight excluding hydrogens is 284 g/mol. The molecule has 0 unspecified atom stereocenters. The third-order valence-corrected chi connectivity index (χ3v) is 3.70. The second-order valence-electron chi connectivity index (χ2n) is 4.77. The Kier molecular flexibility index (Phi) is 4.20. The van der Waals surface area contributed by atoms with Gasteiger partial charge in [-0.3, -0.25) is 4.79 Å². The fraction of sp³-hybridized carbons (Fsp3) is 0.462. The van der Waals surface area contributed by atoms with Gasteiger partial charge in [-0.15, -0.1) is 0 Å². The third kappa shape index (κ3) is 3.22. The second-order valence-corrected chi connectivity index (χ2v) is 5.63. The average Bonchev–Trinajstić information content (AvgIpc) is 2.25. The zero-order valence-corrected chi connectivity index (χ0v) is 12.1. The van der Waals surface area contributed by atoms with Gasteiger partial charge in [0.1, 0.15) is 12.4 Å². The van der Waals surface area contributed by atoms with Gasteiger partial charge in [0.05, 0.1) is 5.41 Å².